The summed E-state index contributed by atoms with van der Waals surface area (Å²) >= 11 is 0. The van der Waals surface area contributed by atoms with E-state index in [1.54, 1.807) is 6.07 Å². The molecule has 0 fully saturated rings. The van der Waals surface area contributed by atoms with Gasteiger partial charge in [-0.05, 0) is 18.2 Å². The van der Waals surface area contributed by atoms with Crippen LogP contribution in [0.25, 0.3) is 11.1 Å². The molecule has 0 unspecified atom stereocenters. The highest BCUT2D eigenvalue weighted by molar-refractivity contribution is 5.86. The zero-order chi connectivity index (χ0) is 34.6. The van der Waals surface area contributed by atoms with Crippen molar-refractivity contribution in [3.05, 3.63) is 102 Å². The Morgan fingerprint density at radius 3 is 1.17 bits per heavy atom. The number of hydrogen-bond donors (Lipinski definition) is 0. The van der Waals surface area contributed by atoms with Crippen LogP contribution in [0.5, 0.6) is 0 Å². The van der Waals surface area contributed by atoms with Gasteiger partial charge in [-0.15, -0.1) is 0 Å². The molecule has 3 aromatic carbocycles. The summed E-state index contributed by atoms with van der Waals surface area (Å²) < 4.78 is 83.4. The summed E-state index contributed by atoms with van der Waals surface area (Å²) in [6.45, 7) is 0. The number of nitriles is 9. The summed E-state index contributed by atoms with van der Waals surface area (Å²) in [5, 5.41) is 86.3. The first kappa shape index (κ1) is 32.9. The van der Waals surface area contributed by atoms with Crippen LogP contribution in [0.1, 0.15) is 61.2 Å². The van der Waals surface area contributed by atoms with Crippen LogP contribution in [0.4, 0.5) is 26.3 Å². The lowest BCUT2D eigenvalue weighted by atomic mass is 9.87. The van der Waals surface area contributed by atoms with Crippen molar-refractivity contribution in [2.24, 2.45) is 0 Å². The van der Waals surface area contributed by atoms with Crippen LogP contribution in [0, 0.1) is 102 Å². The van der Waals surface area contributed by atoms with Crippen molar-refractivity contribution in [3.8, 4) is 54.6 Å². The number of rotatable bonds is 2. The summed E-state index contributed by atoms with van der Waals surface area (Å²) in [6.07, 6.45) is -10.5. The average molecular weight is 617 g/mol. The maximum Gasteiger partial charge on any atom is 0.418 e. The fourth-order valence-corrected chi connectivity index (χ4v) is 4.60. The molecule has 0 N–H and O–H groups in total. The Hall–Kier alpha value is -7.61. The molecule has 3 aromatic rings. The zero-order valence-electron chi connectivity index (χ0n) is 22.2. The van der Waals surface area contributed by atoms with Gasteiger partial charge in [-0.3, -0.25) is 0 Å². The Balaban J connectivity index is 2.78. The van der Waals surface area contributed by atoms with Gasteiger partial charge in [0, 0.05) is 21.6 Å². The molecule has 9 nitrogen and oxygen atoms in total. The van der Waals surface area contributed by atoms with Gasteiger partial charge in [0.1, 0.15) is 36.4 Å². The second-order valence-electron chi connectivity index (χ2n) is 8.67. The van der Waals surface area contributed by atoms with Crippen LogP contribution in [-0.4, -0.2) is 0 Å². The van der Waals surface area contributed by atoms with Crippen LogP contribution < -0.4 is 10.4 Å². The standard InChI is InChI=1S/C31H5F6N9/c32-30(33,34)28-15(6-38)1-3-18(25(28)13-45)21(9-41)20-5-17(8-40)27(24(12-44)22(20)10-42)23(11-43)19-4-2-16(7-39)29(26(19)14-46)31(35,36)37/h1-5H/b21-20+,27-23+. The van der Waals surface area contributed by atoms with E-state index in [1.165, 1.54) is 48.6 Å². The van der Waals surface area contributed by atoms with Crippen LogP contribution in [0.15, 0.2) is 30.3 Å². The van der Waals surface area contributed by atoms with Crippen molar-refractivity contribution in [2.75, 3.05) is 0 Å². The van der Waals surface area contributed by atoms with E-state index in [0.717, 1.165) is 12.1 Å². The van der Waals surface area contributed by atoms with Crippen LogP contribution in [-0.2, 0) is 12.4 Å². The Labute approximate surface area is 253 Å². The number of benzene rings is 3. The van der Waals surface area contributed by atoms with Crippen LogP contribution >= 0.6 is 0 Å². The van der Waals surface area contributed by atoms with Gasteiger partial charge in [-0.25, -0.2) is 0 Å². The van der Waals surface area contributed by atoms with E-state index in [0.29, 0.717) is 18.2 Å². The normalized spacial score (nSPS) is 11.8. The summed E-state index contributed by atoms with van der Waals surface area (Å²) in [7, 11) is 0. The minimum Gasteiger partial charge on any atom is -0.192 e. The molecule has 15 heteroatoms. The maximum atomic E-state index is 13.9. The topological polar surface area (TPSA) is 214 Å². The molecule has 0 aliphatic carbocycles. The molecule has 0 aromatic heterocycles. The van der Waals surface area contributed by atoms with Crippen molar-refractivity contribution in [2.45, 2.75) is 12.4 Å². The third kappa shape index (κ3) is 5.34. The van der Waals surface area contributed by atoms with Gasteiger partial charge >= 0.3 is 12.4 Å². The van der Waals surface area contributed by atoms with Crippen LogP contribution in [0.2, 0.25) is 0 Å². The van der Waals surface area contributed by atoms with E-state index < -0.39 is 95.1 Å². The first-order valence-corrected chi connectivity index (χ1v) is 11.8. The Morgan fingerprint density at radius 1 is 0.457 bits per heavy atom. The molecule has 0 radical (unpaired) electrons. The van der Waals surface area contributed by atoms with E-state index in [1.807, 2.05) is 0 Å². The minimum absolute atomic E-state index is 0.641. The molecule has 216 valence electrons. The molecule has 0 bridgehead atoms. The molecule has 0 atom stereocenters. The third-order valence-electron chi connectivity index (χ3n) is 6.40. The molecule has 0 aliphatic heterocycles. The lowest BCUT2D eigenvalue weighted by molar-refractivity contribution is -0.138. The van der Waals surface area contributed by atoms with Crippen molar-refractivity contribution in [1.82, 2.24) is 0 Å². The van der Waals surface area contributed by atoms with E-state index in [-0.39, 0.29) is 0 Å². The van der Waals surface area contributed by atoms with Gasteiger partial charge in [-0.1, -0.05) is 12.1 Å². The predicted molar refractivity (Wildman–Crippen MR) is 138 cm³/mol. The highest BCUT2D eigenvalue weighted by Crippen LogP contribution is 2.38. The number of hydrogen-bond acceptors (Lipinski definition) is 9. The fraction of sp³-hybridized carbons (Fsp3) is 0.0645. The molecule has 0 amide bonds. The predicted octanol–water partition coefficient (Wildman–Crippen LogP) is 4.27. The number of halogens is 6. The van der Waals surface area contributed by atoms with Crippen molar-refractivity contribution in [1.29, 1.82) is 47.4 Å². The summed E-state index contributed by atoms with van der Waals surface area (Å²) in [5.41, 5.74) is -13.5. The average Bonchev–Trinajstić information content (AvgIpc) is 3.03. The first-order valence-electron chi connectivity index (χ1n) is 11.8. The third-order valence-corrected chi connectivity index (χ3v) is 6.40. The molecule has 46 heavy (non-hydrogen) atoms. The van der Waals surface area contributed by atoms with Gasteiger partial charge < -0.3 is 0 Å². The Bertz CT molecular complexity index is 2390. The van der Waals surface area contributed by atoms with Gasteiger partial charge in [0.25, 0.3) is 0 Å². The Morgan fingerprint density at radius 2 is 0.848 bits per heavy atom. The molecule has 0 saturated carbocycles. The minimum atomic E-state index is -5.28. The van der Waals surface area contributed by atoms with Crippen molar-refractivity contribution < 1.29 is 26.3 Å². The SMILES string of the molecule is N#C/C(c1ccc(C#N)c(C(F)(F)F)c1C#N)=c1/cc(C#N)/c(=C(/C#N)c2ccc(C#N)c(C(F)(F)F)c2C#N)c(C#N)c1C#N. The number of nitrogens with zero attached hydrogens (tertiary/aromatic N) is 9. The molecule has 3 rings (SSSR count). The van der Waals surface area contributed by atoms with Gasteiger partial charge in [0.2, 0.25) is 0 Å². The van der Waals surface area contributed by atoms with Crippen molar-refractivity contribution in [3.63, 3.8) is 0 Å². The molecule has 0 heterocycles. The van der Waals surface area contributed by atoms with Crippen molar-refractivity contribution >= 4 is 11.1 Å². The van der Waals surface area contributed by atoms with E-state index >= 15 is 0 Å². The molecule has 0 aliphatic rings. The maximum absolute atomic E-state index is 13.9. The van der Waals surface area contributed by atoms with E-state index in [2.05, 4.69) is 0 Å². The smallest absolute Gasteiger partial charge is 0.192 e. The summed E-state index contributed by atoms with van der Waals surface area (Å²) in [5.74, 6) is 0. The molecule has 0 saturated heterocycles. The Kier molecular flexibility index (Phi) is 8.81. The fourth-order valence-electron chi connectivity index (χ4n) is 4.60. The second-order valence-corrected chi connectivity index (χ2v) is 8.67. The highest BCUT2D eigenvalue weighted by atomic mass is 19.4. The van der Waals surface area contributed by atoms with Gasteiger partial charge in [-0.2, -0.15) is 73.7 Å². The lowest BCUT2D eigenvalue weighted by Crippen LogP contribution is -2.27. The quantitative estimate of drug-likeness (QED) is 0.375. The molecular formula is C31H5F6N9. The highest BCUT2D eigenvalue weighted by Gasteiger charge is 2.39. The van der Waals surface area contributed by atoms with Gasteiger partial charge in [0.05, 0.1) is 79.4 Å². The monoisotopic (exact) mass is 617 g/mol. The van der Waals surface area contributed by atoms with Gasteiger partial charge in [0.15, 0.2) is 0 Å². The number of alkyl halides is 6. The summed E-state index contributed by atoms with van der Waals surface area (Å²) in [6, 6.07) is 16.4. The first-order chi connectivity index (χ1) is 21.7. The lowest BCUT2D eigenvalue weighted by Gasteiger charge is -2.15. The van der Waals surface area contributed by atoms with E-state index in [4.69, 9.17) is 0 Å². The molecule has 0 spiro atoms. The largest absolute Gasteiger partial charge is 0.418 e. The summed E-state index contributed by atoms with van der Waals surface area (Å²) in [4.78, 5) is 0. The van der Waals surface area contributed by atoms with E-state index in [9.17, 15) is 73.7 Å². The zero-order valence-corrected chi connectivity index (χ0v) is 22.2. The second kappa shape index (κ2) is 12.3. The van der Waals surface area contributed by atoms with Crippen LogP contribution in [0.3, 0.4) is 0 Å². The molecular weight excluding hydrogens is 612 g/mol.